The van der Waals surface area contributed by atoms with Crippen molar-refractivity contribution in [3.8, 4) is 0 Å². The van der Waals surface area contributed by atoms with Gasteiger partial charge in [0.05, 0.1) is 6.33 Å². The summed E-state index contributed by atoms with van der Waals surface area (Å²) in [7, 11) is 0. The third-order valence-electron chi connectivity index (χ3n) is 2.61. The Morgan fingerprint density at radius 1 is 1.41 bits per heavy atom. The summed E-state index contributed by atoms with van der Waals surface area (Å²) >= 11 is 0. The summed E-state index contributed by atoms with van der Waals surface area (Å²) in [5.41, 5.74) is 1.48. The van der Waals surface area contributed by atoms with Crippen molar-refractivity contribution >= 4 is 16.8 Å². The van der Waals surface area contributed by atoms with Crippen LogP contribution in [0, 0.1) is 5.92 Å². The van der Waals surface area contributed by atoms with Crippen LogP contribution in [-0.4, -0.2) is 29.5 Å². The lowest BCUT2D eigenvalue weighted by Gasteiger charge is -2.01. The summed E-state index contributed by atoms with van der Waals surface area (Å²) in [6.07, 6.45) is 2.24. The molecule has 88 valence electrons. The molecule has 3 aromatic rings. The smallest absolute Gasteiger partial charge is 0.334 e. The van der Waals surface area contributed by atoms with Crippen LogP contribution in [-0.2, 0) is 6.42 Å². The van der Waals surface area contributed by atoms with Crippen LogP contribution in [0.3, 0.4) is 0 Å². The van der Waals surface area contributed by atoms with Gasteiger partial charge >= 0.3 is 5.69 Å². The summed E-state index contributed by atoms with van der Waals surface area (Å²) < 4.78 is 1.50. The molecule has 0 aliphatic rings. The van der Waals surface area contributed by atoms with Crippen LogP contribution in [0.2, 0.25) is 0 Å². The minimum atomic E-state index is -0.250. The highest BCUT2D eigenvalue weighted by atomic mass is 16.1. The largest absolute Gasteiger partial charge is 0.340 e. The van der Waals surface area contributed by atoms with Gasteiger partial charge in [0.25, 0.3) is 0 Å². The van der Waals surface area contributed by atoms with Crippen molar-refractivity contribution in [3.63, 3.8) is 0 Å². The number of hydrogen-bond acceptors (Lipinski definition) is 4. The normalized spacial score (nSPS) is 11.9. The lowest BCUT2D eigenvalue weighted by molar-refractivity contribution is 0.612. The maximum absolute atomic E-state index is 11.9. The second-order valence-corrected chi connectivity index (χ2v) is 4.43. The van der Waals surface area contributed by atoms with Crippen molar-refractivity contribution in [1.82, 2.24) is 29.5 Å². The van der Waals surface area contributed by atoms with Crippen molar-refractivity contribution in [2.45, 2.75) is 20.3 Å². The van der Waals surface area contributed by atoms with Crippen molar-refractivity contribution in [2.75, 3.05) is 0 Å². The third-order valence-corrected chi connectivity index (χ3v) is 2.61. The highest BCUT2D eigenvalue weighted by molar-refractivity contribution is 5.84. The summed E-state index contributed by atoms with van der Waals surface area (Å²) in [5.74, 6) is 1.09. The molecule has 0 bridgehead atoms. The predicted molar refractivity (Wildman–Crippen MR) is 61.8 cm³/mol. The Hall–Kier alpha value is -2.18. The van der Waals surface area contributed by atoms with E-state index in [0.717, 1.165) is 0 Å². The summed E-state index contributed by atoms with van der Waals surface area (Å²) in [6.45, 7) is 4.15. The van der Waals surface area contributed by atoms with Gasteiger partial charge in [0, 0.05) is 6.42 Å². The van der Waals surface area contributed by atoms with Gasteiger partial charge in [0.1, 0.15) is 11.3 Å². The number of H-pyrrole nitrogens is 2. The Bertz CT molecular complexity index is 734. The van der Waals surface area contributed by atoms with E-state index in [0.29, 0.717) is 35.0 Å². The molecule has 3 aromatic heterocycles. The van der Waals surface area contributed by atoms with E-state index in [1.54, 1.807) is 0 Å². The van der Waals surface area contributed by atoms with E-state index in [4.69, 9.17) is 0 Å². The van der Waals surface area contributed by atoms with E-state index in [1.165, 1.54) is 10.7 Å². The van der Waals surface area contributed by atoms with Gasteiger partial charge in [-0.2, -0.15) is 0 Å². The lowest BCUT2D eigenvalue weighted by atomic mass is 10.1. The minimum Gasteiger partial charge on any atom is -0.340 e. The Morgan fingerprint density at radius 3 is 3.00 bits per heavy atom. The molecule has 0 radical (unpaired) electrons. The fourth-order valence-corrected chi connectivity index (χ4v) is 1.91. The molecule has 0 aliphatic carbocycles. The standard InChI is InChI=1S/C10H12N6O/c1-5(2)3-6-14-15-9-7-8(12-4-11-7)13-10(17)16(6)9/h4-5H,3H2,1-2H3,(H,11,12)(H,13,17). The first kappa shape index (κ1) is 10.0. The number of nitrogens with one attached hydrogen (secondary N) is 2. The average Bonchev–Trinajstić information content (AvgIpc) is 2.83. The molecule has 17 heavy (non-hydrogen) atoms. The Morgan fingerprint density at radius 2 is 2.24 bits per heavy atom. The van der Waals surface area contributed by atoms with E-state index in [-0.39, 0.29) is 5.69 Å². The molecule has 2 N–H and O–H groups in total. The van der Waals surface area contributed by atoms with Gasteiger partial charge in [-0.15, -0.1) is 10.2 Å². The molecule has 7 heteroatoms. The molecular weight excluding hydrogens is 220 g/mol. The molecule has 0 unspecified atom stereocenters. The average molecular weight is 232 g/mol. The fraction of sp³-hybridized carbons (Fsp3) is 0.400. The van der Waals surface area contributed by atoms with Crippen LogP contribution in [0.5, 0.6) is 0 Å². The Kier molecular flexibility index (Phi) is 2.01. The Labute approximate surface area is 95.9 Å². The molecular formula is C10H12N6O. The van der Waals surface area contributed by atoms with Crippen molar-refractivity contribution in [1.29, 1.82) is 0 Å². The minimum absolute atomic E-state index is 0.250. The SMILES string of the molecule is CC(C)Cc1nnc2c3[nH]cnc3[nH]c(=O)n12. The predicted octanol–water partition coefficient (Wildman–Crippen LogP) is 0.492. The Balaban J connectivity index is 2.38. The number of fused-ring (bicyclic) bond motifs is 3. The zero-order valence-electron chi connectivity index (χ0n) is 9.56. The maximum Gasteiger partial charge on any atom is 0.334 e. The molecule has 0 aromatic carbocycles. The molecule has 0 amide bonds. The van der Waals surface area contributed by atoms with Crippen molar-refractivity contribution in [2.24, 2.45) is 5.92 Å². The molecule has 0 saturated heterocycles. The molecule has 7 nitrogen and oxygen atoms in total. The van der Waals surface area contributed by atoms with Crippen molar-refractivity contribution < 1.29 is 0 Å². The van der Waals surface area contributed by atoms with Crippen LogP contribution in [0.25, 0.3) is 16.8 Å². The van der Waals surface area contributed by atoms with E-state index in [2.05, 4.69) is 39.0 Å². The quantitative estimate of drug-likeness (QED) is 0.672. The number of aromatic amines is 2. The first-order chi connectivity index (χ1) is 8.16. The van der Waals surface area contributed by atoms with Crippen LogP contribution >= 0.6 is 0 Å². The first-order valence-corrected chi connectivity index (χ1v) is 5.46. The summed E-state index contributed by atoms with van der Waals surface area (Å²) in [4.78, 5) is 21.6. The first-order valence-electron chi connectivity index (χ1n) is 5.46. The molecule has 0 spiro atoms. The van der Waals surface area contributed by atoms with E-state index >= 15 is 0 Å². The molecule has 0 aliphatic heterocycles. The summed E-state index contributed by atoms with van der Waals surface area (Å²) in [5, 5.41) is 8.13. The molecule has 0 atom stereocenters. The van der Waals surface area contributed by atoms with Crippen LogP contribution in [0.4, 0.5) is 0 Å². The lowest BCUT2D eigenvalue weighted by Crippen LogP contribution is -2.19. The van der Waals surface area contributed by atoms with Crippen molar-refractivity contribution in [3.05, 3.63) is 22.6 Å². The number of imidazole rings is 1. The van der Waals surface area contributed by atoms with Crippen LogP contribution < -0.4 is 5.69 Å². The topological polar surface area (TPSA) is 91.7 Å². The fourth-order valence-electron chi connectivity index (χ4n) is 1.91. The number of nitrogens with zero attached hydrogens (tertiary/aromatic N) is 4. The second kappa shape index (κ2) is 3.41. The molecule has 3 rings (SSSR count). The highest BCUT2D eigenvalue weighted by Crippen LogP contribution is 2.12. The monoisotopic (exact) mass is 232 g/mol. The van der Waals surface area contributed by atoms with Crippen LogP contribution in [0.1, 0.15) is 19.7 Å². The number of rotatable bonds is 2. The van der Waals surface area contributed by atoms with Gasteiger partial charge in [0.2, 0.25) is 0 Å². The molecule has 0 saturated carbocycles. The number of hydrogen-bond donors (Lipinski definition) is 2. The number of aromatic nitrogens is 6. The van der Waals surface area contributed by atoms with Gasteiger partial charge in [-0.1, -0.05) is 13.8 Å². The third kappa shape index (κ3) is 1.42. The highest BCUT2D eigenvalue weighted by Gasteiger charge is 2.14. The maximum atomic E-state index is 11.9. The molecule has 0 fully saturated rings. The zero-order valence-corrected chi connectivity index (χ0v) is 9.56. The van der Waals surface area contributed by atoms with Gasteiger partial charge in [-0.3, -0.25) is 4.98 Å². The van der Waals surface area contributed by atoms with Gasteiger partial charge in [0.15, 0.2) is 11.3 Å². The van der Waals surface area contributed by atoms with Gasteiger partial charge in [-0.25, -0.2) is 14.2 Å². The van der Waals surface area contributed by atoms with E-state index in [1.807, 2.05) is 0 Å². The second-order valence-electron chi connectivity index (χ2n) is 4.43. The van der Waals surface area contributed by atoms with Gasteiger partial charge in [-0.05, 0) is 5.92 Å². The summed E-state index contributed by atoms with van der Waals surface area (Å²) in [6, 6.07) is 0. The van der Waals surface area contributed by atoms with Crippen LogP contribution in [0.15, 0.2) is 11.1 Å². The molecule has 3 heterocycles. The van der Waals surface area contributed by atoms with E-state index in [9.17, 15) is 4.79 Å². The van der Waals surface area contributed by atoms with E-state index < -0.39 is 0 Å². The zero-order chi connectivity index (χ0) is 12.0. The van der Waals surface area contributed by atoms with Gasteiger partial charge < -0.3 is 4.98 Å².